The summed E-state index contributed by atoms with van der Waals surface area (Å²) in [6, 6.07) is 18.3. The quantitative estimate of drug-likeness (QED) is 0.211. The number of ether oxygens (including phenoxy) is 2. The van der Waals surface area contributed by atoms with Crippen LogP contribution in [0.5, 0.6) is 11.5 Å². The molecule has 0 atom stereocenters. The highest BCUT2D eigenvalue weighted by Crippen LogP contribution is 2.37. The van der Waals surface area contributed by atoms with E-state index in [1.165, 1.54) is 17.3 Å². The second-order valence-electron chi connectivity index (χ2n) is 8.73. The van der Waals surface area contributed by atoms with E-state index in [1.807, 2.05) is 49.4 Å². The van der Waals surface area contributed by atoms with Crippen LogP contribution in [0.15, 0.2) is 83.2 Å². The first kappa shape index (κ1) is 27.7. The summed E-state index contributed by atoms with van der Waals surface area (Å²) in [5.41, 5.74) is 4.70. The molecule has 0 radical (unpaired) electrons. The molecule has 1 heterocycles. The summed E-state index contributed by atoms with van der Waals surface area (Å²) in [6.45, 7) is 8.53. The zero-order valence-corrected chi connectivity index (χ0v) is 22.7. The van der Waals surface area contributed by atoms with Crippen LogP contribution in [0.1, 0.15) is 46.5 Å². The number of carboxylic acids is 1. The van der Waals surface area contributed by atoms with Crippen molar-refractivity contribution in [2.75, 3.05) is 6.61 Å². The van der Waals surface area contributed by atoms with E-state index < -0.39 is 5.97 Å². The lowest BCUT2D eigenvalue weighted by molar-refractivity contribution is -0.115. The van der Waals surface area contributed by atoms with Gasteiger partial charge in [0.1, 0.15) is 6.61 Å². The van der Waals surface area contributed by atoms with Crippen molar-refractivity contribution in [1.29, 1.82) is 0 Å². The number of thioether (sulfide) groups is 1. The van der Waals surface area contributed by atoms with Gasteiger partial charge in [0.2, 0.25) is 0 Å². The molecule has 0 saturated carbocycles. The second-order valence-corrected chi connectivity index (χ2v) is 9.76. The summed E-state index contributed by atoms with van der Waals surface area (Å²) in [4.78, 5) is 28.9. The summed E-state index contributed by atoms with van der Waals surface area (Å²) in [7, 11) is 0. The monoisotopic (exact) mass is 542 g/mol. The normalized spacial score (nSPS) is 14.9. The Kier molecular flexibility index (Phi) is 9.22. The number of carbonyl (C=O) groups excluding carboxylic acids is 1. The standard InChI is InChI=1S/C31H30N2O5S/c1-4-7-24-16-22(18-27-29(34)33-31(39-27)32-25-14-10-20(5-2)11-15-25)17-26(37-6-3)28(24)38-19-21-8-12-23(13-9-21)30(35)36/h4,8-18H,1,5-7,19H2,2-3H3,(H,35,36)(H,32,33,34)/b27-18-. The predicted molar refractivity (Wildman–Crippen MR) is 156 cm³/mol. The number of benzene rings is 3. The van der Waals surface area contributed by atoms with Crippen LogP contribution in [-0.4, -0.2) is 28.8 Å². The van der Waals surface area contributed by atoms with Gasteiger partial charge in [-0.25, -0.2) is 9.79 Å². The number of rotatable bonds is 11. The summed E-state index contributed by atoms with van der Waals surface area (Å²) < 4.78 is 12.1. The highest BCUT2D eigenvalue weighted by molar-refractivity contribution is 8.18. The van der Waals surface area contributed by atoms with Crippen molar-refractivity contribution in [3.63, 3.8) is 0 Å². The molecule has 1 aliphatic heterocycles. The molecule has 7 nitrogen and oxygen atoms in total. The number of amidine groups is 1. The predicted octanol–water partition coefficient (Wildman–Crippen LogP) is 6.55. The molecule has 200 valence electrons. The average molecular weight is 543 g/mol. The minimum Gasteiger partial charge on any atom is -0.490 e. The van der Waals surface area contributed by atoms with Gasteiger partial charge in [0.25, 0.3) is 5.91 Å². The fraction of sp³-hybridized carbons (Fsp3) is 0.194. The molecule has 0 spiro atoms. The zero-order chi connectivity index (χ0) is 27.8. The third-order valence-electron chi connectivity index (χ3n) is 5.93. The Morgan fingerprint density at radius 1 is 1.05 bits per heavy atom. The third kappa shape index (κ3) is 7.18. The molecule has 8 heteroatoms. The number of aliphatic imine (C=N–C) groups is 1. The van der Waals surface area contributed by atoms with Crippen LogP contribution in [0, 0.1) is 0 Å². The number of hydrogen-bond donors (Lipinski definition) is 2. The topological polar surface area (TPSA) is 97.2 Å². The first-order chi connectivity index (χ1) is 18.9. The smallest absolute Gasteiger partial charge is 0.335 e. The maximum absolute atomic E-state index is 12.7. The van der Waals surface area contributed by atoms with Crippen molar-refractivity contribution in [2.45, 2.75) is 33.3 Å². The Labute approximate surface area is 232 Å². The summed E-state index contributed by atoms with van der Waals surface area (Å²) >= 11 is 1.29. The van der Waals surface area contributed by atoms with E-state index in [0.29, 0.717) is 34.6 Å². The van der Waals surface area contributed by atoms with Gasteiger partial charge in [-0.05, 0) is 90.7 Å². The molecule has 3 aromatic rings. The summed E-state index contributed by atoms with van der Waals surface area (Å²) in [6.07, 6.45) is 5.08. The highest BCUT2D eigenvalue weighted by atomic mass is 32.2. The largest absolute Gasteiger partial charge is 0.490 e. The van der Waals surface area contributed by atoms with Crippen LogP contribution >= 0.6 is 11.8 Å². The van der Waals surface area contributed by atoms with Gasteiger partial charge in [-0.15, -0.1) is 6.58 Å². The van der Waals surface area contributed by atoms with E-state index in [0.717, 1.165) is 28.8 Å². The first-order valence-corrected chi connectivity index (χ1v) is 13.5. The number of aromatic carboxylic acids is 1. The molecule has 0 bridgehead atoms. The Bertz CT molecular complexity index is 1430. The Morgan fingerprint density at radius 3 is 2.41 bits per heavy atom. The van der Waals surface area contributed by atoms with Crippen LogP contribution < -0.4 is 14.8 Å². The minimum absolute atomic E-state index is 0.211. The summed E-state index contributed by atoms with van der Waals surface area (Å²) in [5, 5.41) is 12.5. The minimum atomic E-state index is -0.975. The van der Waals surface area contributed by atoms with Crippen molar-refractivity contribution in [3.8, 4) is 11.5 Å². The van der Waals surface area contributed by atoms with Gasteiger partial charge in [-0.1, -0.05) is 37.3 Å². The molecule has 39 heavy (non-hydrogen) atoms. The number of nitrogens with zero attached hydrogens (tertiary/aromatic N) is 1. The lowest BCUT2D eigenvalue weighted by Crippen LogP contribution is -2.19. The van der Waals surface area contributed by atoms with Crippen LogP contribution in [0.3, 0.4) is 0 Å². The van der Waals surface area contributed by atoms with Gasteiger partial charge in [-0.2, -0.15) is 0 Å². The van der Waals surface area contributed by atoms with Crippen molar-refractivity contribution < 1.29 is 24.2 Å². The van der Waals surface area contributed by atoms with Gasteiger partial charge in [0.05, 0.1) is 22.8 Å². The number of aryl methyl sites for hydroxylation is 1. The Balaban J connectivity index is 1.58. The van der Waals surface area contributed by atoms with Crippen LogP contribution in [0.2, 0.25) is 0 Å². The number of allylic oxidation sites excluding steroid dienone is 1. The van der Waals surface area contributed by atoms with E-state index in [-0.39, 0.29) is 18.1 Å². The SMILES string of the molecule is C=CCc1cc(/C=C2\SC(=Nc3ccc(CC)cc3)NC2=O)cc(OCC)c1OCc1ccc(C(=O)O)cc1. The molecule has 1 saturated heterocycles. The fourth-order valence-corrected chi connectivity index (χ4v) is 4.80. The van der Waals surface area contributed by atoms with Crippen molar-refractivity contribution in [1.82, 2.24) is 5.32 Å². The summed E-state index contributed by atoms with van der Waals surface area (Å²) in [5.74, 6) is -0.0452. The molecule has 0 unspecified atom stereocenters. The van der Waals surface area contributed by atoms with E-state index in [2.05, 4.69) is 23.8 Å². The van der Waals surface area contributed by atoms with E-state index in [4.69, 9.17) is 14.6 Å². The zero-order valence-electron chi connectivity index (χ0n) is 21.9. The molecule has 3 aromatic carbocycles. The molecule has 1 aliphatic rings. The fourth-order valence-electron chi connectivity index (χ4n) is 3.95. The van der Waals surface area contributed by atoms with Gasteiger partial charge in [0, 0.05) is 5.56 Å². The van der Waals surface area contributed by atoms with E-state index in [1.54, 1.807) is 30.3 Å². The second kappa shape index (κ2) is 13.0. The molecule has 1 amide bonds. The van der Waals surface area contributed by atoms with Crippen molar-refractivity contribution >= 4 is 40.6 Å². The van der Waals surface area contributed by atoms with Crippen molar-refractivity contribution in [2.24, 2.45) is 4.99 Å². The Morgan fingerprint density at radius 2 is 1.77 bits per heavy atom. The average Bonchev–Trinajstić information content (AvgIpc) is 3.27. The number of carboxylic acid groups (broad SMARTS) is 1. The molecular weight excluding hydrogens is 512 g/mol. The molecule has 2 N–H and O–H groups in total. The van der Waals surface area contributed by atoms with E-state index >= 15 is 0 Å². The molecule has 4 rings (SSSR count). The lowest BCUT2D eigenvalue weighted by atomic mass is 10.0. The number of amides is 1. The number of carbonyl (C=O) groups is 2. The van der Waals surface area contributed by atoms with Crippen LogP contribution in [-0.2, 0) is 24.2 Å². The lowest BCUT2D eigenvalue weighted by Gasteiger charge is -2.17. The highest BCUT2D eigenvalue weighted by Gasteiger charge is 2.24. The molecule has 1 fully saturated rings. The van der Waals surface area contributed by atoms with Gasteiger partial charge >= 0.3 is 5.97 Å². The van der Waals surface area contributed by atoms with Crippen LogP contribution in [0.25, 0.3) is 6.08 Å². The van der Waals surface area contributed by atoms with Gasteiger partial charge in [0.15, 0.2) is 16.7 Å². The first-order valence-electron chi connectivity index (χ1n) is 12.6. The third-order valence-corrected chi connectivity index (χ3v) is 6.84. The van der Waals surface area contributed by atoms with Crippen molar-refractivity contribution in [3.05, 3.63) is 106 Å². The molecular formula is C31H30N2O5S. The van der Waals surface area contributed by atoms with Crippen LogP contribution in [0.4, 0.5) is 5.69 Å². The molecule has 0 aromatic heterocycles. The maximum atomic E-state index is 12.7. The number of hydrogen-bond acceptors (Lipinski definition) is 6. The van der Waals surface area contributed by atoms with E-state index in [9.17, 15) is 9.59 Å². The van der Waals surface area contributed by atoms with Gasteiger partial charge < -0.3 is 19.9 Å². The molecule has 0 aliphatic carbocycles. The van der Waals surface area contributed by atoms with Gasteiger partial charge in [-0.3, -0.25) is 4.79 Å². The maximum Gasteiger partial charge on any atom is 0.335 e. The number of nitrogens with one attached hydrogen (secondary N) is 1. The Hall–Kier alpha value is -4.30.